The third-order valence-corrected chi connectivity index (χ3v) is 4.28. The lowest BCUT2D eigenvalue weighted by atomic mass is 10.0. The number of unbranched alkanes of at least 4 members (excludes halogenated alkanes) is 8. The molecule has 0 unspecified atom stereocenters. The summed E-state index contributed by atoms with van der Waals surface area (Å²) in [6, 6.07) is 0. The van der Waals surface area contributed by atoms with Gasteiger partial charge in [-0.2, -0.15) is 0 Å². The average Bonchev–Trinajstić information content (AvgIpc) is 2.52. The topological polar surface area (TPSA) is 79.2 Å². The molecule has 132 valence electrons. The molecule has 0 bridgehead atoms. The summed E-state index contributed by atoms with van der Waals surface area (Å²) in [7, 11) is 0. The highest BCUT2D eigenvalue weighted by molar-refractivity contribution is 4.86. The first-order chi connectivity index (χ1) is 10.7. The SMILES string of the molecule is CCCCCCCCCCCOC[C@H]1OC[C@H](O)[C@@H](O)[C@@H]1O. The Labute approximate surface area is 134 Å². The second-order valence-corrected chi connectivity index (χ2v) is 6.32. The fourth-order valence-electron chi connectivity index (χ4n) is 2.73. The second-order valence-electron chi connectivity index (χ2n) is 6.32. The predicted molar refractivity (Wildman–Crippen MR) is 85.8 cm³/mol. The monoisotopic (exact) mass is 318 g/mol. The lowest BCUT2D eigenvalue weighted by molar-refractivity contribution is -0.199. The summed E-state index contributed by atoms with van der Waals surface area (Å²) < 4.78 is 10.8. The zero-order valence-corrected chi connectivity index (χ0v) is 14.0. The van der Waals surface area contributed by atoms with Gasteiger partial charge in [0.25, 0.3) is 0 Å². The van der Waals surface area contributed by atoms with E-state index in [1.165, 1.54) is 51.4 Å². The first kappa shape index (κ1) is 19.8. The van der Waals surface area contributed by atoms with Gasteiger partial charge in [0.1, 0.15) is 24.4 Å². The molecule has 0 aliphatic carbocycles. The van der Waals surface area contributed by atoms with E-state index in [4.69, 9.17) is 9.47 Å². The van der Waals surface area contributed by atoms with Gasteiger partial charge < -0.3 is 24.8 Å². The molecule has 4 atom stereocenters. The largest absolute Gasteiger partial charge is 0.388 e. The minimum absolute atomic E-state index is 0.0459. The van der Waals surface area contributed by atoms with Crippen LogP contribution in [0, 0.1) is 0 Å². The average molecular weight is 318 g/mol. The number of hydrogen-bond acceptors (Lipinski definition) is 5. The van der Waals surface area contributed by atoms with Crippen LogP contribution >= 0.6 is 0 Å². The highest BCUT2D eigenvalue weighted by Crippen LogP contribution is 2.16. The number of ether oxygens (including phenoxy) is 2. The third kappa shape index (κ3) is 7.88. The number of aliphatic hydroxyl groups excluding tert-OH is 3. The summed E-state index contributed by atoms with van der Waals surface area (Å²) in [4.78, 5) is 0. The summed E-state index contributed by atoms with van der Waals surface area (Å²) in [6.07, 6.45) is 7.68. The van der Waals surface area contributed by atoms with Crippen LogP contribution in [0.25, 0.3) is 0 Å². The Bertz CT molecular complexity index is 261. The number of hydrogen-bond donors (Lipinski definition) is 3. The molecule has 0 aromatic heterocycles. The molecular weight excluding hydrogens is 284 g/mol. The molecule has 1 saturated heterocycles. The van der Waals surface area contributed by atoms with E-state index >= 15 is 0 Å². The van der Waals surface area contributed by atoms with Gasteiger partial charge in [0.05, 0.1) is 13.2 Å². The summed E-state index contributed by atoms with van der Waals surface area (Å²) >= 11 is 0. The van der Waals surface area contributed by atoms with Crippen LogP contribution in [0.15, 0.2) is 0 Å². The molecule has 1 aliphatic heterocycles. The van der Waals surface area contributed by atoms with Crippen LogP contribution in [0.1, 0.15) is 64.7 Å². The van der Waals surface area contributed by atoms with Crippen LogP contribution in [0.2, 0.25) is 0 Å². The molecule has 3 N–H and O–H groups in total. The molecule has 0 aromatic rings. The van der Waals surface area contributed by atoms with Gasteiger partial charge in [-0.1, -0.05) is 58.3 Å². The predicted octanol–water partition coefficient (Wildman–Crippen LogP) is 2.02. The van der Waals surface area contributed by atoms with Gasteiger partial charge in [0.15, 0.2) is 0 Å². The molecule has 1 rings (SSSR count). The summed E-state index contributed by atoms with van der Waals surface area (Å²) in [6.45, 7) is 3.20. The standard InChI is InChI=1S/C17H34O5/c1-2-3-4-5-6-7-8-9-10-11-21-13-15-17(20)16(19)14(18)12-22-15/h14-20H,2-13H2,1H3/t14-,15+,16+,17+/m0/s1. The Balaban J connectivity index is 1.89. The van der Waals surface area contributed by atoms with Crippen LogP contribution < -0.4 is 0 Å². The van der Waals surface area contributed by atoms with Crippen molar-refractivity contribution in [3.05, 3.63) is 0 Å². The molecule has 0 radical (unpaired) electrons. The first-order valence-corrected chi connectivity index (χ1v) is 8.90. The Morgan fingerprint density at radius 1 is 0.864 bits per heavy atom. The molecule has 0 spiro atoms. The Morgan fingerprint density at radius 3 is 2.09 bits per heavy atom. The van der Waals surface area contributed by atoms with E-state index in [-0.39, 0.29) is 13.2 Å². The summed E-state index contributed by atoms with van der Waals surface area (Å²) in [5.41, 5.74) is 0. The molecule has 0 saturated carbocycles. The molecule has 1 aliphatic rings. The van der Waals surface area contributed by atoms with E-state index < -0.39 is 24.4 Å². The van der Waals surface area contributed by atoms with E-state index in [9.17, 15) is 15.3 Å². The first-order valence-electron chi connectivity index (χ1n) is 8.90. The van der Waals surface area contributed by atoms with Crippen LogP contribution in [-0.4, -0.2) is 59.6 Å². The van der Waals surface area contributed by atoms with Crippen molar-refractivity contribution >= 4 is 0 Å². The molecule has 22 heavy (non-hydrogen) atoms. The van der Waals surface area contributed by atoms with E-state index in [0.29, 0.717) is 6.61 Å². The maximum Gasteiger partial charge on any atom is 0.111 e. The zero-order chi connectivity index (χ0) is 16.2. The molecule has 1 heterocycles. The van der Waals surface area contributed by atoms with Crippen LogP contribution in [0.4, 0.5) is 0 Å². The van der Waals surface area contributed by atoms with Gasteiger partial charge >= 0.3 is 0 Å². The lowest BCUT2D eigenvalue weighted by Crippen LogP contribution is -2.54. The third-order valence-electron chi connectivity index (χ3n) is 4.28. The van der Waals surface area contributed by atoms with Crippen molar-refractivity contribution in [3.63, 3.8) is 0 Å². The fraction of sp³-hybridized carbons (Fsp3) is 1.00. The van der Waals surface area contributed by atoms with Crippen molar-refractivity contribution in [3.8, 4) is 0 Å². The normalized spacial score (nSPS) is 28.9. The van der Waals surface area contributed by atoms with Gasteiger partial charge in [-0.15, -0.1) is 0 Å². The van der Waals surface area contributed by atoms with Crippen molar-refractivity contribution in [1.82, 2.24) is 0 Å². The molecular formula is C17H34O5. The second kappa shape index (κ2) is 12.3. The van der Waals surface area contributed by atoms with E-state index in [0.717, 1.165) is 6.42 Å². The highest BCUT2D eigenvalue weighted by Gasteiger charge is 2.37. The van der Waals surface area contributed by atoms with Crippen molar-refractivity contribution in [1.29, 1.82) is 0 Å². The van der Waals surface area contributed by atoms with E-state index in [1.807, 2.05) is 0 Å². The van der Waals surface area contributed by atoms with Gasteiger partial charge in [0.2, 0.25) is 0 Å². The van der Waals surface area contributed by atoms with Crippen molar-refractivity contribution in [2.24, 2.45) is 0 Å². The lowest BCUT2D eigenvalue weighted by Gasteiger charge is -2.35. The molecule has 0 amide bonds. The number of rotatable bonds is 12. The Hall–Kier alpha value is -0.200. The highest BCUT2D eigenvalue weighted by atomic mass is 16.6. The Kier molecular flexibility index (Phi) is 11.1. The number of aliphatic hydroxyl groups is 3. The quantitative estimate of drug-likeness (QED) is 0.480. The van der Waals surface area contributed by atoms with Crippen LogP contribution in [0.5, 0.6) is 0 Å². The van der Waals surface area contributed by atoms with Crippen molar-refractivity contribution in [2.45, 2.75) is 89.1 Å². The maximum absolute atomic E-state index is 9.75. The summed E-state index contributed by atoms with van der Waals surface area (Å²) in [5.74, 6) is 0. The fourth-order valence-corrected chi connectivity index (χ4v) is 2.73. The van der Waals surface area contributed by atoms with Crippen molar-refractivity contribution in [2.75, 3.05) is 19.8 Å². The van der Waals surface area contributed by atoms with Gasteiger partial charge in [-0.25, -0.2) is 0 Å². The van der Waals surface area contributed by atoms with Crippen LogP contribution in [0.3, 0.4) is 0 Å². The van der Waals surface area contributed by atoms with Gasteiger partial charge in [0, 0.05) is 6.61 Å². The van der Waals surface area contributed by atoms with Crippen molar-refractivity contribution < 1.29 is 24.8 Å². The smallest absolute Gasteiger partial charge is 0.111 e. The van der Waals surface area contributed by atoms with Gasteiger partial charge in [-0.05, 0) is 6.42 Å². The summed E-state index contributed by atoms with van der Waals surface area (Å²) in [5, 5.41) is 28.7. The maximum atomic E-state index is 9.75. The van der Waals surface area contributed by atoms with E-state index in [2.05, 4.69) is 6.92 Å². The molecule has 1 fully saturated rings. The molecule has 5 nitrogen and oxygen atoms in total. The minimum Gasteiger partial charge on any atom is -0.388 e. The van der Waals surface area contributed by atoms with Gasteiger partial charge in [-0.3, -0.25) is 0 Å². The zero-order valence-electron chi connectivity index (χ0n) is 14.0. The van der Waals surface area contributed by atoms with Crippen LogP contribution in [-0.2, 0) is 9.47 Å². The Morgan fingerprint density at radius 2 is 1.45 bits per heavy atom. The molecule has 5 heteroatoms. The van der Waals surface area contributed by atoms with E-state index in [1.54, 1.807) is 0 Å². The minimum atomic E-state index is -1.14. The molecule has 0 aromatic carbocycles.